The van der Waals surface area contributed by atoms with Crippen molar-refractivity contribution in [2.75, 3.05) is 26.2 Å². The largest absolute Gasteiger partial charge is 0.298 e. The highest BCUT2D eigenvalue weighted by Gasteiger charge is 2.39. The van der Waals surface area contributed by atoms with Crippen molar-refractivity contribution in [2.24, 2.45) is 11.8 Å². The van der Waals surface area contributed by atoms with Crippen LogP contribution in [0.1, 0.15) is 11.1 Å². The number of nitrogens with zero attached hydrogens (tertiary/aromatic N) is 2. The molecular weight excluding hydrogens is 340 g/mol. The summed E-state index contributed by atoms with van der Waals surface area (Å²) in [5.41, 5.74) is 5.47. The molecule has 0 spiro atoms. The van der Waals surface area contributed by atoms with Crippen molar-refractivity contribution in [3.8, 4) is 11.1 Å². The third-order valence-corrected chi connectivity index (χ3v) is 6.35. The number of hydrogen-bond acceptors (Lipinski definition) is 2. The van der Waals surface area contributed by atoms with E-state index in [1.807, 2.05) is 0 Å². The number of rotatable bonds is 5. The number of fused-ring (bicyclic) bond motifs is 1. The second kappa shape index (κ2) is 7.90. The topological polar surface area (TPSA) is 6.48 Å². The summed E-state index contributed by atoms with van der Waals surface area (Å²) in [6.45, 7) is 7.19. The fourth-order valence-corrected chi connectivity index (χ4v) is 4.98. The Hall–Kier alpha value is -2.42. The number of likely N-dealkylation sites (tertiary alicyclic amines) is 2. The molecule has 2 fully saturated rings. The summed E-state index contributed by atoms with van der Waals surface area (Å²) in [5, 5.41) is 0. The van der Waals surface area contributed by atoms with E-state index in [2.05, 4.69) is 94.7 Å². The van der Waals surface area contributed by atoms with Gasteiger partial charge in [-0.05, 0) is 34.1 Å². The van der Waals surface area contributed by atoms with Gasteiger partial charge in [0.15, 0.2) is 0 Å². The number of hydrogen-bond donors (Lipinski definition) is 0. The van der Waals surface area contributed by atoms with Gasteiger partial charge in [0.05, 0.1) is 0 Å². The normalized spacial score (nSPS) is 22.4. The average molecular weight is 369 g/mol. The van der Waals surface area contributed by atoms with Gasteiger partial charge in [0.25, 0.3) is 0 Å². The molecule has 0 N–H and O–H groups in total. The van der Waals surface area contributed by atoms with Crippen LogP contribution in [0.25, 0.3) is 11.1 Å². The van der Waals surface area contributed by atoms with Crippen molar-refractivity contribution in [3.05, 3.63) is 96.1 Å². The fourth-order valence-electron chi connectivity index (χ4n) is 4.98. The van der Waals surface area contributed by atoms with Crippen molar-refractivity contribution in [1.82, 2.24) is 9.80 Å². The standard InChI is InChI=1S/C26H28N2/c1-3-7-21(8-4-1)15-27-17-25-19-28(20-26(25)18-27)16-22-11-13-24(14-12-22)23-9-5-2-6-10-23/h1-14,25-26H,15-20H2/t25-,26-/m1/s1. The van der Waals surface area contributed by atoms with E-state index in [1.54, 1.807) is 0 Å². The van der Waals surface area contributed by atoms with Gasteiger partial charge in [-0.1, -0.05) is 84.9 Å². The molecule has 0 aromatic heterocycles. The van der Waals surface area contributed by atoms with Crippen molar-refractivity contribution in [2.45, 2.75) is 13.1 Å². The first-order valence-electron chi connectivity index (χ1n) is 10.5. The van der Waals surface area contributed by atoms with Crippen LogP contribution in [0, 0.1) is 11.8 Å². The van der Waals surface area contributed by atoms with Crippen LogP contribution in [0.3, 0.4) is 0 Å². The Morgan fingerprint density at radius 2 is 0.929 bits per heavy atom. The lowest BCUT2D eigenvalue weighted by Crippen LogP contribution is -2.28. The van der Waals surface area contributed by atoms with Gasteiger partial charge in [-0.2, -0.15) is 0 Å². The smallest absolute Gasteiger partial charge is 0.0233 e. The SMILES string of the molecule is c1ccc(CN2C[C@@H]3CN(Cc4ccc(-c5ccccc5)cc4)C[C@H]3C2)cc1. The third-order valence-electron chi connectivity index (χ3n) is 6.35. The highest BCUT2D eigenvalue weighted by molar-refractivity contribution is 5.63. The molecule has 0 unspecified atom stereocenters. The third kappa shape index (κ3) is 3.89. The highest BCUT2D eigenvalue weighted by Crippen LogP contribution is 2.32. The molecule has 0 bridgehead atoms. The summed E-state index contributed by atoms with van der Waals surface area (Å²) in [5.74, 6) is 1.68. The minimum Gasteiger partial charge on any atom is -0.298 e. The van der Waals surface area contributed by atoms with Gasteiger partial charge in [-0.3, -0.25) is 9.80 Å². The van der Waals surface area contributed by atoms with Crippen LogP contribution in [0.15, 0.2) is 84.9 Å². The van der Waals surface area contributed by atoms with Crippen LogP contribution in [0.2, 0.25) is 0 Å². The zero-order chi connectivity index (χ0) is 18.8. The molecule has 2 nitrogen and oxygen atoms in total. The molecular formula is C26H28N2. The molecule has 2 heterocycles. The zero-order valence-corrected chi connectivity index (χ0v) is 16.4. The summed E-state index contributed by atoms with van der Waals surface area (Å²) in [7, 11) is 0. The van der Waals surface area contributed by atoms with Crippen molar-refractivity contribution < 1.29 is 0 Å². The Balaban J connectivity index is 1.15. The van der Waals surface area contributed by atoms with E-state index in [1.165, 1.54) is 48.4 Å². The maximum atomic E-state index is 2.66. The lowest BCUT2D eigenvalue weighted by molar-refractivity contribution is 0.246. The molecule has 28 heavy (non-hydrogen) atoms. The summed E-state index contributed by atoms with van der Waals surface area (Å²) in [4.78, 5) is 5.31. The van der Waals surface area contributed by atoms with E-state index < -0.39 is 0 Å². The predicted molar refractivity (Wildman–Crippen MR) is 116 cm³/mol. The lowest BCUT2D eigenvalue weighted by atomic mass is 10.0. The summed E-state index contributed by atoms with van der Waals surface area (Å²) in [6, 6.07) is 30.7. The molecule has 0 radical (unpaired) electrons. The number of benzene rings is 3. The molecule has 5 rings (SSSR count). The molecule has 2 aliphatic rings. The van der Waals surface area contributed by atoms with Crippen LogP contribution < -0.4 is 0 Å². The molecule has 0 saturated carbocycles. The summed E-state index contributed by atoms with van der Waals surface area (Å²) < 4.78 is 0. The molecule has 0 amide bonds. The zero-order valence-electron chi connectivity index (χ0n) is 16.4. The Morgan fingerprint density at radius 1 is 0.500 bits per heavy atom. The molecule has 2 aliphatic heterocycles. The summed E-state index contributed by atoms with van der Waals surface area (Å²) >= 11 is 0. The minimum atomic E-state index is 0.840. The molecule has 3 aromatic rings. The first-order chi connectivity index (χ1) is 13.8. The van der Waals surface area contributed by atoms with E-state index >= 15 is 0 Å². The maximum absolute atomic E-state index is 2.66. The van der Waals surface area contributed by atoms with E-state index in [0.717, 1.165) is 24.9 Å². The van der Waals surface area contributed by atoms with Gasteiger partial charge in [0.1, 0.15) is 0 Å². The van der Waals surface area contributed by atoms with Crippen LogP contribution >= 0.6 is 0 Å². The van der Waals surface area contributed by atoms with Gasteiger partial charge < -0.3 is 0 Å². The molecule has 2 heteroatoms. The van der Waals surface area contributed by atoms with Crippen molar-refractivity contribution in [3.63, 3.8) is 0 Å². The van der Waals surface area contributed by atoms with Gasteiger partial charge in [0.2, 0.25) is 0 Å². The van der Waals surface area contributed by atoms with E-state index in [4.69, 9.17) is 0 Å². The molecule has 3 aromatic carbocycles. The quantitative estimate of drug-likeness (QED) is 0.631. The van der Waals surface area contributed by atoms with E-state index in [9.17, 15) is 0 Å². The van der Waals surface area contributed by atoms with Crippen LogP contribution in [0.4, 0.5) is 0 Å². The van der Waals surface area contributed by atoms with Crippen molar-refractivity contribution >= 4 is 0 Å². The Morgan fingerprint density at radius 3 is 1.46 bits per heavy atom. The monoisotopic (exact) mass is 368 g/mol. The molecule has 2 saturated heterocycles. The second-order valence-corrected chi connectivity index (χ2v) is 8.46. The predicted octanol–water partition coefficient (Wildman–Crippen LogP) is 4.92. The van der Waals surface area contributed by atoms with Crippen molar-refractivity contribution in [1.29, 1.82) is 0 Å². The molecule has 142 valence electrons. The van der Waals surface area contributed by atoms with Crippen LogP contribution in [-0.4, -0.2) is 36.0 Å². The highest BCUT2D eigenvalue weighted by atomic mass is 15.2. The van der Waals surface area contributed by atoms with Crippen LogP contribution in [0.5, 0.6) is 0 Å². The minimum absolute atomic E-state index is 0.840. The van der Waals surface area contributed by atoms with Gasteiger partial charge in [-0.25, -0.2) is 0 Å². The first kappa shape index (κ1) is 17.7. The first-order valence-corrected chi connectivity index (χ1v) is 10.5. The molecule has 0 aliphatic carbocycles. The van der Waals surface area contributed by atoms with E-state index in [-0.39, 0.29) is 0 Å². The Bertz CT molecular complexity index is 875. The summed E-state index contributed by atoms with van der Waals surface area (Å²) in [6.07, 6.45) is 0. The second-order valence-electron chi connectivity index (χ2n) is 8.46. The lowest BCUT2D eigenvalue weighted by Gasteiger charge is -2.21. The van der Waals surface area contributed by atoms with Gasteiger partial charge >= 0.3 is 0 Å². The maximum Gasteiger partial charge on any atom is 0.0233 e. The Labute approximate surface area is 168 Å². The van der Waals surface area contributed by atoms with Crippen LogP contribution in [-0.2, 0) is 13.1 Å². The average Bonchev–Trinajstić information content (AvgIpc) is 3.28. The fraction of sp³-hybridized carbons (Fsp3) is 0.308. The Kier molecular flexibility index (Phi) is 4.99. The molecule has 2 atom stereocenters. The van der Waals surface area contributed by atoms with Gasteiger partial charge in [0, 0.05) is 39.3 Å². The van der Waals surface area contributed by atoms with E-state index in [0.29, 0.717) is 0 Å². The van der Waals surface area contributed by atoms with Gasteiger partial charge in [-0.15, -0.1) is 0 Å².